The summed E-state index contributed by atoms with van der Waals surface area (Å²) in [5.41, 5.74) is 6.90. The molecular formula is C13H11Cl2FN2O. The number of anilines is 1. The maximum atomic E-state index is 13.0. The summed E-state index contributed by atoms with van der Waals surface area (Å²) < 4.78 is 13.0. The molecule has 3 nitrogen and oxygen atoms in total. The summed E-state index contributed by atoms with van der Waals surface area (Å²) in [5, 5.41) is 13.1. The fourth-order valence-electron chi connectivity index (χ4n) is 1.62. The molecule has 1 atom stereocenters. The van der Waals surface area contributed by atoms with Gasteiger partial charge in [-0.25, -0.2) is 4.39 Å². The van der Waals surface area contributed by atoms with E-state index in [4.69, 9.17) is 28.9 Å². The zero-order valence-electron chi connectivity index (χ0n) is 9.70. The minimum absolute atomic E-state index is 0.00693. The molecule has 0 amide bonds. The van der Waals surface area contributed by atoms with E-state index in [0.29, 0.717) is 16.3 Å². The van der Waals surface area contributed by atoms with Crippen LogP contribution in [0.1, 0.15) is 11.7 Å². The van der Waals surface area contributed by atoms with E-state index in [1.165, 1.54) is 24.3 Å². The summed E-state index contributed by atoms with van der Waals surface area (Å²) in [4.78, 5) is 0. The van der Waals surface area contributed by atoms with Crippen LogP contribution in [0.25, 0.3) is 0 Å². The summed E-state index contributed by atoms with van der Waals surface area (Å²) in [6.45, 7) is 0. The van der Waals surface area contributed by atoms with E-state index in [9.17, 15) is 9.50 Å². The average molecular weight is 301 g/mol. The van der Waals surface area contributed by atoms with Gasteiger partial charge in [0, 0.05) is 16.3 Å². The third-order valence-corrected chi connectivity index (χ3v) is 3.09. The fraction of sp³-hybridized carbons (Fsp3) is 0.0769. The van der Waals surface area contributed by atoms with E-state index < -0.39 is 12.0 Å². The number of hydrogen-bond acceptors (Lipinski definition) is 3. The van der Waals surface area contributed by atoms with Crippen LogP contribution in [0.5, 0.6) is 5.75 Å². The first-order chi connectivity index (χ1) is 8.97. The van der Waals surface area contributed by atoms with E-state index >= 15 is 0 Å². The van der Waals surface area contributed by atoms with Crippen molar-refractivity contribution in [2.45, 2.75) is 6.17 Å². The predicted octanol–water partition coefficient (Wildman–Crippen LogP) is 3.91. The molecule has 0 spiro atoms. The third-order valence-electron chi connectivity index (χ3n) is 2.57. The molecule has 0 saturated carbocycles. The molecule has 0 radical (unpaired) electrons. The molecule has 19 heavy (non-hydrogen) atoms. The van der Waals surface area contributed by atoms with Gasteiger partial charge in [-0.2, -0.15) is 0 Å². The van der Waals surface area contributed by atoms with E-state index in [1.54, 1.807) is 12.1 Å². The lowest BCUT2D eigenvalue weighted by Gasteiger charge is -2.17. The standard InChI is InChI=1S/C13H11Cl2FN2O/c14-7-1-4-12(19)9(5-7)13(17)18-8-2-3-11(16)10(15)6-8/h1-6,13,18-19H,17H2. The Labute approximate surface area is 119 Å². The molecule has 100 valence electrons. The number of halogens is 3. The van der Waals surface area contributed by atoms with Crippen molar-refractivity contribution in [3.8, 4) is 5.75 Å². The molecule has 1 unspecified atom stereocenters. The maximum absolute atomic E-state index is 13.0. The lowest BCUT2D eigenvalue weighted by atomic mass is 10.1. The lowest BCUT2D eigenvalue weighted by Crippen LogP contribution is -2.20. The molecule has 0 bridgehead atoms. The number of phenolic OH excluding ortho intramolecular Hbond substituents is 1. The van der Waals surface area contributed by atoms with Gasteiger partial charge in [0.2, 0.25) is 0 Å². The minimum Gasteiger partial charge on any atom is -0.508 e. The fourth-order valence-corrected chi connectivity index (χ4v) is 1.98. The number of phenols is 1. The highest BCUT2D eigenvalue weighted by Crippen LogP contribution is 2.28. The molecule has 0 aliphatic rings. The Balaban J connectivity index is 2.22. The van der Waals surface area contributed by atoms with Crippen LogP contribution in [0.3, 0.4) is 0 Å². The Kier molecular flexibility index (Phi) is 4.14. The lowest BCUT2D eigenvalue weighted by molar-refractivity contribution is 0.464. The zero-order chi connectivity index (χ0) is 14.0. The van der Waals surface area contributed by atoms with E-state index in [0.717, 1.165) is 0 Å². The van der Waals surface area contributed by atoms with Gasteiger partial charge in [-0.15, -0.1) is 0 Å². The van der Waals surface area contributed by atoms with Crippen LogP contribution in [0, 0.1) is 5.82 Å². The Bertz CT molecular complexity index is 607. The SMILES string of the molecule is NC(Nc1ccc(F)c(Cl)c1)c1cc(Cl)ccc1O. The average Bonchev–Trinajstić information content (AvgIpc) is 2.36. The Morgan fingerprint density at radius 3 is 2.58 bits per heavy atom. The molecule has 0 aliphatic heterocycles. The van der Waals surface area contributed by atoms with Gasteiger partial charge >= 0.3 is 0 Å². The van der Waals surface area contributed by atoms with Crippen LogP contribution in [0.2, 0.25) is 10.0 Å². The van der Waals surface area contributed by atoms with Crippen LogP contribution in [0.4, 0.5) is 10.1 Å². The van der Waals surface area contributed by atoms with Crippen LogP contribution >= 0.6 is 23.2 Å². The predicted molar refractivity (Wildman–Crippen MR) is 75.1 cm³/mol. The quantitative estimate of drug-likeness (QED) is 0.753. The maximum Gasteiger partial charge on any atom is 0.141 e. The second-order valence-electron chi connectivity index (χ2n) is 3.95. The van der Waals surface area contributed by atoms with Gasteiger partial charge in [0.1, 0.15) is 17.7 Å². The smallest absolute Gasteiger partial charge is 0.141 e. The molecule has 0 heterocycles. The van der Waals surface area contributed by atoms with E-state index in [1.807, 2.05) is 0 Å². The minimum atomic E-state index is -0.694. The summed E-state index contributed by atoms with van der Waals surface area (Å²) in [5.74, 6) is -0.482. The van der Waals surface area contributed by atoms with Gasteiger partial charge in [0.05, 0.1) is 5.02 Å². The van der Waals surface area contributed by atoms with Gasteiger partial charge in [0.15, 0.2) is 0 Å². The zero-order valence-corrected chi connectivity index (χ0v) is 11.2. The molecule has 0 fully saturated rings. The van der Waals surface area contributed by atoms with Crippen molar-refractivity contribution < 1.29 is 9.50 Å². The van der Waals surface area contributed by atoms with Gasteiger partial charge in [0.25, 0.3) is 0 Å². The number of benzene rings is 2. The first kappa shape index (κ1) is 13.9. The van der Waals surface area contributed by atoms with Crippen molar-refractivity contribution in [2.75, 3.05) is 5.32 Å². The third kappa shape index (κ3) is 3.29. The second kappa shape index (κ2) is 5.65. The van der Waals surface area contributed by atoms with Crippen LogP contribution < -0.4 is 11.1 Å². The van der Waals surface area contributed by atoms with Gasteiger partial charge in [-0.05, 0) is 36.4 Å². The summed E-state index contributed by atoms with van der Waals surface area (Å²) in [6.07, 6.45) is -0.694. The molecule has 2 rings (SSSR count). The molecule has 4 N–H and O–H groups in total. The highest BCUT2D eigenvalue weighted by Gasteiger charge is 2.12. The number of aromatic hydroxyl groups is 1. The number of nitrogens with one attached hydrogen (secondary N) is 1. The number of rotatable bonds is 3. The van der Waals surface area contributed by atoms with Crippen molar-refractivity contribution in [1.82, 2.24) is 0 Å². The Morgan fingerprint density at radius 2 is 1.89 bits per heavy atom. The second-order valence-corrected chi connectivity index (χ2v) is 4.80. The monoisotopic (exact) mass is 300 g/mol. The molecular weight excluding hydrogens is 290 g/mol. The van der Waals surface area contributed by atoms with Crippen LogP contribution in [-0.2, 0) is 0 Å². The highest BCUT2D eigenvalue weighted by atomic mass is 35.5. The highest BCUT2D eigenvalue weighted by molar-refractivity contribution is 6.31. The topological polar surface area (TPSA) is 58.3 Å². The van der Waals surface area contributed by atoms with Crippen molar-refractivity contribution in [3.63, 3.8) is 0 Å². The first-order valence-corrected chi connectivity index (χ1v) is 6.18. The molecule has 0 aliphatic carbocycles. The van der Waals surface area contributed by atoms with Gasteiger partial charge < -0.3 is 16.2 Å². The van der Waals surface area contributed by atoms with Crippen molar-refractivity contribution in [1.29, 1.82) is 0 Å². The first-order valence-electron chi connectivity index (χ1n) is 5.43. The molecule has 0 aromatic heterocycles. The number of nitrogens with two attached hydrogens (primary N) is 1. The Hall–Kier alpha value is -1.49. The van der Waals surface area contributed by atoms with E-state index in [-0.39, 0.29) is 10.8 Å². The largest absolute Gasteiger partial charge is 0.508 e. The molecule has 6 heteroatoms. The van der Waals surface area contributed by atoms with Crippen molar-refractivity contribution in [2.24, 2.45) is 5.73 Å². The van der Waals surface area contributed by atoms with Crippen LogP contribution in [-0.4, -0.2) is 5.11 Å². The number of hydrogen-bond donors (Lipinski definition) is 3. The van der Waals surface area contributed by atoms with Gasteiger partial charge in [-0.1, -0.05) is 23.2 Å². The van der Waals surface area contributed by atoms with Crippen molar-refractivity contribution >= 4 is 28.9 Å². The van der Waals surface area contributed by atoms with Crippen LogP contribution in [0.15, 0.2) is 36.4 Å². The normalized spacial score (nSPS) is 12.2. The van der Waals surface area contributed by atoms with Crippen molar-refractivity contribution in [3.05, 3.63) is 57.8 Å². The molecule has 2 aromatic rings. The summed E-state index contributed by atoms with van der Waals surface area (Å²) in [7, 11) is 0. The molecule has 0 saturated heterocycles. The Morgan fingerprint density at radius 1 is 1.16 bits per heavy atom. The molecule has 2 aromatic carbocycles. The summed E-state index contributed by atoms with van der Waals surface area (Å²) in [6, 6.07) is 8.72. The summed E-state index contributed by atoms with van der Waals surface area (Å²) >= 11 is 11.5. The van der Waals surface area contributed by atoms with E-state index in [2.05, 4.69) is 5.32 Å². The van der Waals surface area contributed by atoms with Gasteiger partial charge in [-0.3, -0.25) is 0 Å².